The van der Waals surface area contributed by atoms with Gasteiger partial charge >= 0.3 is 0 Å². The number of aliphatic hydroxyl groups excluding tert-OH is 4. The van der Waals surface area contributed by atoms with Crippen LogP contribution in [0.4, 0.5) is 5.82 Å². The Labute approximate surface area is 741 Å². The Morgan fingerprint density at radius 1 is 0.398 bits per heavy atom. The first-order valence-electron chi connectivity index (χ1n) is 43.3. The third kappa shape index (κ3) is 20.1. The van der Waals surface area contributed by atoms with E-state index in [2.05, 4.69) is 161 Å². The first-order valence-corrected chi connectivity index (χ1v) is 43.3. The number of carbonyl (C=O) groups is 2. The molecule has 0 aliphatic heterocycles. The van der Waals surface area contributed by atoms with Crippen molar-refractivity contribution in [2.45, 2.75) is 213 Å². The van der Waals surface area contributed by atoms with Gasteiger partial charge in [0.2, 0.25) is 0 Å². The van der Waals surface area contributed by atoms with Crippen molar-refractivity contribution in [2.24, 2.45) is 39.0 Å². The van der Waals surface area contributed by atoms with Gasteiger partial charge in [-0.2, -0.15) is 19.0 Å². The van der Waals surface area contributed by atoms with Gasteiger partial charge < -0.3 is 54.1 Å². The Bertz CT molecular complexity index is 6110. The van der Waals surface area contributed by atoms with Crippen LogP contribution >= 0.6 is 0 Å². The second-order valence-electron chi connectivity index (χ2n) is 33.2. The van der Waals surface area contributed by atoms with E-state index >= 15 is 0 Å². The fourth-order valence-corrected chi connectivity index (χ4v) is 16.2. The molecule has 1 amide bonds. The van der Waals surface area contributed by atoms with E-state index in [1.807, 2.05) is 142 Å². The molecule has 4 aromatic carbocycles. The maximum atomic E-state index is 11.0. The average Bonchev–Trinajstić information content (AvgIpc) is 1.62. The summed E-state index contributed by atoms with van der Waals surface area (Å²) in [5.41, 5.74) is 15.3. The minimum absolute atomic E-state index is 0.296. The topological polar surface area (TPSA) is 455 Å². The summed E-state index contributed by atoms with van der Waals surface area (Å²) in [6.45, 7) is 23.3. The van der Waals surface area contributed by atoms with Gasteiger partial charge in [0.15, 0.2) is 34.9 Å². The van der Waals surface area contributed by atoms with E-state index in [4.69, 9.17) is 55.7 Å². The summed E-state index contributed by atoms with van der Waals surface area (Å²) in [4.78, 5) is 94.7. The van der Waals surface area contributed by atoms with Crippen molar-refractivity contribution in [2.75, 3.05) is 19.5 Å². The van der Waals surface area contributed by atoms with Crippen LogP contribution in [0.15, 0.2) is 126 Å². The number of benzene rings is 4. The lowest BCUT2D eigenvalue weighted by molar-refractivity contribution is -0.134. The molecule has 11 heterocycles. The molecular weight excluding hydrogens is 1620 g/mol. The van der Waals surface area contributed by atoms with Crippen LogP contribution in [-0.4, -0.2) is 191 Å². The van der Waals surface area contributed by atoms with Gasteiger partial charge in [-0.15, -0.1) is 15.3 Å². The van der Waals surface area contributed by atoms with Gasteiger partial charge in [-0.05, 0) is 155 Å². The Balaban J connectivity index is 0.000000131. The van der Waals surface area contributed by atoms with Crippen LogP contribution in [0, 0.1) is 48.5 Å². The molecule has 4 saturated carbocycles. The Morgan fingerprint density at radius 3 is 0.914 bits per heavy atom. The summed E-state index contributed by atoms with van der Waals surface area (Å²) in [5, 5.41) is 61.0. The van der Waals surface area contributed by atoms with E-state index in [1.54, 1.807) is 46.9 Å². The van der Waals surface area contributed by atoms with Crippen LogP contribution in [0.1, 0.15) is 263 Å². The number of nitrogens with two attached hydrogens (primary N) is 1. The lowest BCUT2D eigenvalue weighted by Gasteiger charge is -2.11. The number of aliphatic imine (C=N–C) groups is 1. The number of para-hydroxylation sites is 8. The minimum atomic E-state index is -0.958. The van der Waals surface area contributed by atoms with Gasteiger partial charge in [0.05, 0.1) is 66.9 Å². The van der Waals surface area contributed by atoms with E-state index in [0.717, 1.165) is 123 Å². The Kier molecular flexibility index (Phi) is 27.4. The molecule has 12 atom stereocenters. The van der Waals surface area contributed by atoms with Crippen molar-refractivity contribution < 1.29 is 35.1 Å². The number of imidazole rings is 4. The molecule has 8 N–H and O–H groups in total. The Morgan fingerprint density at radius 2 is 0.664 bits per heavy atom. The first kappa shape index (κ1) is 90.9. The lowest BCUT2D eigenvalue weighted by atomic mass is 10.2. The number of fused-ring (bicyclic) bond motifs is 4. The maximum Gasteiger partial charge on any atom is 0.300 e. The summed E-state index contributed by atoms with van der Waals surface area (Å²) in [6.07, 6.45) is 3.18. The molecule has 4 fully saturated rings. The van der Waals surface area contributed by atoms with Crippen molar-refractivity contribution in [3.05, 3.63) is 226 Å². The number of amides is 1. The molecule has 4 aliphatic carbocycles. The van der Waals surface area contributed by atoms with Crippen molar-refractivity contribution in [1.29, 1.82) is 0 Å². The van der Waals surface area contributed by atoms with E-state index in [1.165, 1.54) is 5.52 Å². The van der Waals surface area contributed by atoms with Crippen LogP contribution in [0.2, 0.25) is 0 Å². The highest BCUT2D eigenvalue weighted by Crippen LogP contribution is 2.57. The first-order chi connectivity index (χ1) is 61.3. The van der Waals surface area contributed by atoms with Gasteiger partial charge in [0.1, 0.15) is 100 Å². The number of amidine groups is 1. The van der Waals surface area contributed by atoms with Crippen LogP contribution in [-0.2, 0) is 37.8 Å². The number of aliphatic hydroxyl groups is 4. The van der Waals surface area contributed by atoms with Gasteiger partial charge in [-0.3, -0.25) is 9.59 Å². The molecule has 0 radical (unpaired) electrons. The van der Waals surface area contributed by atoms with Gasteiger partial charge in [-0.1, -0.05) is 76.2 Å². The minimum Gasteiger partial charge on any atom is -0.481 e. The quantitative estimate of drug-likeness (QED) is 0.0161. The third-order valence-electron chi connectivity index (χ3n) is 23.3. The number of aryl methyl sites for hydroxylation is 11. The average molecular weight is 1740 g/mol. The number of nitrogens with zero attached hydrogens (tertiary/aromatic N) is 27. The van der Waals surface area contributed by atoms with Gasteiger partial charge in [0.25, 0.3) is 11.9 Å². The Hall–Kier alpha value is -13.3. The molecular formula is C92H113N29O7. The van der Waals surface area contributed by atoms with Gasteiger partial charge in [-0.25, -0.2) is 80.6 Å². The standard InChI is InChI=1S/3C22H25N7O.C16H18N6.C8H16N2O2.C2H4O2/c3*1-5-19(30)22-25-13(3)27-29(22)20-11-17(23-12(2)24-20)14-10-15(14)21-26-16-8-6-7-9-18(16)28(21)4;1-9-18-13(8-15(19-9)21-17)10-7-11(10)16-20-12-5-3-4-6-14(12)22(16)2;1-5-7(11)8(12)9-6(2)10(3)4;1-2(3)4/h3*6-9,11,14-15,19,30H,5,10H2,1-4H3;3-6,8,10-11H,7,17H2,1-2H3,(H,18,19,21);7,11H,5H2,1-4H3;1H3,(H,3,4)/t3*14?,15-,19?;10?,11-;;/m1111../s1. The van der Waals surface area contributed by atoms with E-state index < -0.39 is 36.3 Å². The summed E-state index contributed by atoms with van der Waals surface area (Å²) in [5.74, 6) is 20.7. The molecule has 36 nitrogen and oxygen atoms in total. The smallest absolute Gasteiger partial charge is 0.300 e. The fraction of sp³-hybridized carbons (Fsp3) is 0.424. The second-order valence-corrected chi connectivity index (χ2v) is 33.2. The van der Waals surface area contributed by atoms with Crippen LogP contribution in [0.25, 0.3) is 61.6 Å². The number of hydrogen-bond donors (Lipinski definition) is 7. The zero-order chi connectivity index (χ0) is 91.5. The molecule has 19 rings (SSSR count). The predicted molar refractivity (Wildman–Crippen MR) is 484 cm³/mol. The SMILES string of the molecule is CC(=O)O.CCC(O)C(=O)N=C(C)N(C)C.CCC(O)c1nc(C)nn1-c1cc(C2C[C@H]2c2nc3ccccc3n2C)nc(C)n1.CCC(O)c1nc(C)nn1-c1cc(C2C[C@H]2c2nc3ccccc3n2C)nc(C)n1.CCC(O)c1nc(C)nn1-c1cc(C2C[C@H]2c2nc3ccccc3n2C)nc(C)n1.Cc1nc(NN)cc(C2C[C@H]2c2nc3ccccc3n2C)n1. The van der Waals surface area contributed by atoms with Crippen molar-refractivity contribution >= 4 is 67.7 Å². The maximum absolute atomic E-state index is 11.0. The highest BCUT2D eigenvalue weighted by atomic mass is 16.4. The zero-order valence-electron chi connectivity index (χ0n) is 75.8. The number of nitrogen functional groups attached to an aromatic ring is 1. The lowest BCUT2D eigenvalue weighted by Crippen LogP contribution is -2.24. The number of carbonyl (C=O) groups excluding carboxylic acids is 1. The molecule has 36 heteroatoms. The van der Waals surface area contributed by atoms with E-state index in [-0.39, 0.29) is 0 Å². The molecule has 11 aromatic heterocycles. The highest BCUT2D eigenvalue weighted by molar-refractivity contribution is 5.94. The number of aliphatic carboxylic acids is 1. The summed E-state index contributed by atoms with van der Waals surface area (Å²) >= 11 is 0. The highest BCUT2D eigenvalue weighted by Gasteiger charge is 2.48. The fourth-order valence-electron chi connectivity index (χ4n) is 16.2. The number of anilines is 1. The molecule has 0 bridgehead atoms. The molecule has 0 spiro atoms. The number of carboxylic acids is 1. The molecule has 0 saturated heterocycles. The number of aromatic nitrogens is 25. The molecule has 668 valence electrons. The molecule has 8 unspecified atom stereocenters. The van der Waals surface area contributed by atoms with Crippen LogP contribution in [0.5, 0.6) is 0 Å². The summed E-state index contributed by atoms with van der Waals surface area (Å²) in [7, 11) is 11.9. The monoisotopic (exact) mass is 1740 g/mol. The molecule has 4 aliphatic rings. The van der Waals surface area contributed by atoms with E-state index in [0.29, 0.717) is 155 Å². The normalized spacial score (nSPS) is 18.6. The second kappa shape index (κ2) is 38.5. The van der Waals surface area contributed by atoms with Crippen molar-refractivity contribution in [3.8, 4) is 17.5 Å². The predicted octanol–water partition coefficient (Wildman–Crippen LogP) is 12.4. The summed E-state index contributed by atoms with van der Waals surface area (Å²) < 4.78 is 13.7. The number of nitrogens with one attached hydrogen (secondary N) is 1. The van der Waals surface area contributed by atoms with Crippen molar-refractivity contribution in [1.82, 2.24) is 127 Å². The van der Waals surface area contributed by atoms with Crippen LogP contribution < -0.4 is 11.3 Å². The zero-order valence-corrected chi connectivity index (χ0v) is 75.8. The number of hydrazine groups is 1. The number of carboxylic acid groups (broad SMARTS) is 1. The number of rotatable bonds is 20. The third-order valence-corrected chi connectivity index (χ3v) is 23.3. The summed E-state index contributed by atoms with van der Waals surface area (Å²) in [6, 6.07) is 40.7. The van der Waals surface area contributed by atoms with Gasteiger partial charge in [0, 0.05) is 121 Å². The molecule has 15 aromatic rings. The van der Waals surface area contributed by atoms with Crippen LogP contribution in [0.3, 0.4) is 0 Å². The van der Waals surface area contributed by atoms with Crippen molar-refractivity contribution in [3.63, 3.8) is 0 Å². The largest absolute Gasteiger partial charge is 0.481 e. The molecule has 128 heavy (non-hydrogen) atoms. The van der Waals surface area contributed by atoms with E-state index in [9.17, 15) is 20.1 Å². The number of hydrogen-bond acceptors (Lipinski definition) is 26.